The topological polar surface area (TPSA) is 75.3 Å². The molecular formula is C18H35N5O. The van der Waals surface area contributed by atoms with E-state index in [0.717, 1.165) is 44.4 Å². The van der Waals surface area contributed by atoms with E-state index in [9.17, 15) is 0 Å². The van der Waals surface area contributed by atoms with Crippen molar-refractivity contribution in [2.24, 2.45) is 10.9 Å². The Morgan fingerprint density at radius 2 is 1.92 bits per heavy atom. The number of unbranched alkanes of at least 4 members (excludes halogenated alkanes) is 3. The van der Waals surface area contributed by atoms with Crippen molar-refractivity contribution in [2.45, 2.75) is 72.6 Å². The van der Waals surface area contributed by atoms with Crippen LogP contribution >= 0.6 is 0 Å². The summed E-state index contributed by atoms with van der Waals surface area (Å²) in [5.74, 6) is 3.12. The molecule has 0 amide bonds. The number of aliphatic imine (C=N–C) groups is 1. The lowest BCUT2D eigenvalue weighted by atomic mass is 10.0. The standard InChI is InChI=1S/C18H35N5O/c1-5-19-18(20-13-9-7-6-8-11-15(2)3)21-14-10-12-17-22-16(4)23-24-17/h15H,5-14H2,1-4H3,(H2,19,20,21). The first-order valence-electron chi connectivity index (χ1n) is 9.43. The predicted molar refractivity (Wildman–Crippen MR) is 99.3 cm³/mol. The number of guanidine groups is 1. The van der Waals surface area contributed by atoms with E-state index in [4.69, 9.17) is 4.52 Å². The second kappa shape index (κ2) is 12.8. The van der Waals surface area contributed by atoms with Crippen molar-refractivity contribution in [2.75, 3.05) is 19.6 Å². The number of rotatable bonds is 12. The minimum atomic E-state index is 0.692. The van der Waals surface area contributed by atoms with Crippen molar-refractivity contribution in [3.8, 4) is 0 Å². The molecule has 0 radical (unpaired) electrons. The highest BCUT2D eigenvalue weighted by Crippen LogP contribution is 2.08. The van der Waals surface area contributed by atoms with Gasteiger partial charge in [-0.2, -0.15) is 4.98 Å². The van der Waals surface area contributed by atoms with Crippen LogP contribution in [0.3, 0.4) is 0 Å². The summed E-state index contributed by atoms with van der Waals surface area (Å²) in [4.78, 5) is 8.80. The van der Waals surface area contributed by atoms with Crippen LogP contribution in [0.15, 0.2) is 9.52 Å². The van der Waals surface area contributed by atoms with Gasteiger partial charge in [-0.1, -0.05) is 44.7 Å². The Morgan fingerprint density at radius 3 is 2.58 bits per heavy atom. The molecule has 0 aliphatic heterocycles. The third-order valence-electron chi connectivity index (χ3n) is 3.73. The average molecular weight is 338 g/mol. The maximum Gasteiger partial charge on any atom is 0.226 e. The highest BCUT2D eigenvalue weighted by molar-refractivity contribution is 5.79. The van der Waals surface area contributed by atoms with Crippen LogP contribution in [-0.2, 0) is 6.42 Å². The zero-order valence-electron chi connectivity index (χ0n) is 15.9. The van der Waals surface area contributed by atoms with Gasteiger partial charge in [-0.05, 0) is 32.6 Å². The first kappa shape index (κ1) is 20.5. The second-order valence-corrected chi connectivity index (χ2v) is 6.62. The van der Waals surface area contributed by atoms with Gasteiger partial charge in [0.25, 0.3) is 0 Å². The van der Waals surface area contributed by atoms with E-state index in [1.807, 2.05) is 6.92 Å². The van der Waals surface area contributed by atoms with Gasteiger partial charge in [-0.3, -0.25) is 4.99 Å². The highest BCUT2D eigenvalue weighted by atomic mass is 16.5. The number of nitrogens with zero attached hydrogens (tertiary/aromatic N) is 3. The lowest BCUT2D eigenvalue weighted by Crippen LogP contribution is -2.37. The Kier molecular flexibility index (Phi) is 10.9. The van der Waals surface area contributed by atoms with Gasteiger partial charge >= 0.3 is 0 Å². The van der Waals surface area contributed by atoms with Gasteiger partial charge in [0.2, 0.25) is 5.89 Å². The van der Waals surface area contributed by atoms with E-state index in [2.05, 4.69) is 46.5 Å². The summed E-state index contributed by atoms with van der Waals surface area (Å²) in [7, 11) is 0. The van der Waals surface area contributed by atoms with Crippen molar-refractivity contribution < 1.29 is 4.52 Å². The molecule has 0 aliphatic rings. The van der Waals surface area contributed by atoms with Gasteiger partial charge in [0.05, 0.1) is 0 Å². The molecule has 6 heteroatoms. The summed E-state index contributed by atoms with van der Waals surface area (Å²) in [6, 6.07) is 0. The summed E-state index contributed by atoms with van der Waals surface area (Å²) in [6.07, 6.45) is 8.20. The Balaban J connectivity index is 2.13. The van der Waals surface area contributed by atoms with E-state index in [1.54, 1.807) is 0 Å². The van der Waals surface area contributed by atoms with E-state index >= 15 is 0 Å². The third-order valence-corrected chi connectivity index (χ3v) is 3.73. The first-order valence-corrected chi connectivity index (χ1v) is 9.43. The molecule has 1 aromatic rings. The van der Waals surface area contributed by atoms with Crippen molar-refractivity contribution in [1.29, 1.82) is 0 Å². The fourth-order valence-corrected chi connectivity index (χ4v) is 2.44. The van der Waals surface area contributed by atoms with Crippen LogP contribution in [0.2, 0.25) is 0 Å². The minimum absolute atomic E-state index is 0.692. The lowest BCUT2D eigenvalue weighted by Gasteiger charge is -2.11. The molecule has 0 saturated carbocycles. The molecule has 0 fully saturated rings. The molecule has 0 unspecified atom stereocenters. The molecule has 0 aliphatic carbocycles. The van der Waals surface area contributed by atoms with E-state index in [1.165, 1.54) is 32.1 Å². The van der Waals surface area contributed by atoms with Gasteiger partial charge in [0.15, 0.2) is 11.8 Å². The Hall–Kier alpha value is -1.59. The third kappa shape index (κ3) is 10.2. The van der Waals surface area contributed by atoms with Gasteiger partial charge in [-0.25, -0.2) is 0 Å². The van der Waals surface area contributed by atoms with Crippen LogP contribution < -0.4 is 10.6 Å². The molecule has 0 spiro atoms. The fraction of sp³-hybridized carbons (Fsp3) is 0.833. The molecule has 1 aromatic heterocycles. The molecule has 1 rings (SSSR count). The zero-order valence-corrected chi connectivity index (χ0v) is 15.9. The van der Waals surface area contributed by atoms with Crippen LogP contribution in [-0.4, -0.2) is 35.7 Å². The maximum atomic E-state index is 5.10. The summed E-state index contributed by atoms with van der Waals surface area (Å²) in [5, 5.41) is 10.5. The second-order valence-electron chi connectivity index (χ2n) is 6.62. The molecule has 0 atom stereocenters. The number of nitrogens with one attached hydrogen (secondary N) is 2. The molecule has 6 nitrogen and oxygen atoms in total. The van der Waals surface area contributed by atoms with Gasteiger partial charge in [-0.15, -0.1) is 0 Å². The summed E-state index contributed by atoms with van der Waals surface area (Å²) < 4.78 is 5.10. The smallest absolute Gasteiger partial charge is 0.226 e. The van der Waals surface area contributed by atoms with Crippen molar-refractivity contribution in [3.05, 3.63) is 11.7 Å². The van der Waals surface area contributed by atoms with Crippen LogP contribution in [0.25, 0.3) is 0 Å². The van der Waals surface area contributed by atoms with Crippen LogP contribution in [0.5, 0.6) is 0 Å². The Bertz CT molecular complexity index is 456. The van der Waals surface area contributed by atoms with Gasteiger partial charge in [0.1, 0.15) is 0 Å². The van der Waals surface area contributed by atoms with Gasteiger partial charge < -0.3 is 15.2 Å². The molecule has 1 heterocycles. The number of hydrogen-bond donors (Lipinski definition) is 2. The number of hydrogen-bond acceptors (Lipinski definition) is 4. The molecule has 138 valence electrons. The van der Waals surface area contributed by atoms with Crippen LogP contribution in [0.4, 0.5) is 0 Å². The molecular weight excluding hydrogens is 302 g/mol. The van der Waals surface area contributed by atoms with Gasteiger partial charge in [0, 0.05) is 26.1 Å². The SMILES string of the molecule is CCNC(=NCCCc1nc(C)no1)NCCCCCCC(C)C. The highest BCUT2D eigenvalue weighted by Gasteiger charge is 2.02. The summed E-state index contributed by atoms with van der Waals surface area (Å²) in [6.45, 7) is 11.1. The minimum Gasteiger partial charge on any atom is -0.357 e. The number of aromatic nitrogens is 2. The molecule has 0 saturated heterocycles. The predicted octanol–water partition coefficient (Wildman–Crippen LogP) is 3.47. The number of aryl methyl sites for hydroxylation is 2. The Morgan fingerprint density at radius 1 is 1.12 bits per heavy atom. The lowest BCUT2D eigenvalue weighted by molar-refractivity contribution is 0.372. The van der Waals surface area contributed by atoms with E-state index in [-0.39, 0.29) is 0 Å². The normalized spacial score (nSPS) is 12.0. The van der Waals surface area contributed by atoms with E-state index in [0.29, 0.717) is 11.7 Å². The largest absolute Gasteiger partial charge is 0.357 e. The fourth-order valence-electron chi connectivity index (χ4n) is 2.44. The summed E-state index contributed by atoms with van der Waals surface area (Å²) >= 11 is 0. The van der Waals surface area contributed by atoms with Crippen molar-refractivity contribution >= 4 is 5.96 Å². The van der Waals surface area contributed by atoms with Crippen LogP contribution in [0, 0.1) is 12.8 Å². The van der Waals surface area contributed by atoms with Crippen molar-refractivity contribution in [3.63, 3.8) is 0 Å². The molecule has 24 heavy (non-hydrogen) atoms. The van der Waals surface area contributed by atoms with Crippen LogP contribution in [0.1, 0.15) is 71.0 Å². The monoisotopic (exact) mass is 337 g/mol. The first-order chi connectivity index (χ1) is 11.6. The quantitative estimate of drug-likeness (QED) is 0.347. The van der Waals surface area contributed by atoms with E-state index < -0.39 is 0 Å². The van der Waals surface area contributed by atoms with Crippen molar-refractivity contribution in [1.82, 2.24) is 20.8 Å². The molecule has 0 bridgehead atoms. The average Bonchev–Trinajstić information content (AvgIpc) is 2.95. The Labute approximate surface area is 146 Å². The maximum absolute atomic E-state index is 5.10. The molecule has 2 N–H and O–H groups in total. The zero-order chi connectivity index (χ0) is 17.6. The molecule has 0 aromatic carbocycles. The summed E-state index contributed by atoms with van der Waals surface area (Å²) in [5.41, 5.74) is 0.